The summed E-state index contributed by atoms with van der Waals surface area (Å²) < 4.78 is 34.4. The molecule has 144 valence electrons. The molecule has 1 fully saturated rings. The van der Waals surface area contributed by atoms with Crippen LogP contribution in [-0.2, 0) is 26.6 Å². The third-order valence-corrected chi connectivity index (χ3v) is 5.73. The molecule has 1 aliphatic heterocycles. The highest BCUT2D eigenvalue weighted by molar-refractivity contribution is 7.89. The van der Waals surface area contributed by atoms with Gasteiger partial charge in [-0.05, 0) is 18.8 Å². The Morgan fingerprint density at radius 3 is 2.81 bits per heavy atom. The van der Waals surface area contributed by atoms with Gasteiger partial charge in [-0.1, -0.05) is 12.2 Å². The predicted octanol–water partition coefficient (Wildman–Crippen LogP) is -0.701. The monoisotopic (exact) mass is 384 g/mol. The molecule has 9 nitrogen and oxygen atoms in total. The Balaban J connectivity index is 1.59. The summed E-state index contributed by atoms with van der Waals surface area (Å²) in [5.74, 6) is 0.480. The zero-order valence-electron chi connectivity index (χ0n) is 14.5. The van der Waals surface area contributed by atoms with Crippen LogP contribution in [0.25, 0.3) is 0 Å². The number of nitrogens with one attached hydrogen (secondary N) is 2. The number of aliphatic hydroxyl groups excluding tert-OH is 1. The topological polar surface area (TPSA) is 123 Å². The summed E-state index contributed by atoms with van der Waals surface area (Å²) in [6, 6.07) is -0.738. The highest BCUT2D eigenvalue weighted by Gasteiger charge is 2.32. The Kier molecular flexibility index (Phi) is 5.76. The lowest BCUT2D eigenvalue weighted by molar-refractivity contribution is -0.125. The number of carbonyl (C=O) groups excluding carboxylic acids is 1. The van der Waals surface area contributed by atoms with E-state index in [0.717, 1.165) is 12.8 Å². The van der Waals surface area contributed by atoms with Gasteiger partial charge >= 0.3 is 0 Å². The van der Waals surface area contributed by atoms with Crippen molar-refractivity contribution in [2.75, 3.05) is 13.2 Å². The van der Waals surface area contributed by atoms with Gasteiger partial charge in [0.05, 0.1) is 31.5 Å². The summed E-state index contributed by atoms with van der Waals surface area (Å²) in [6.45, 7) is 0.311. The molecule has 2 aliphatic rings. The molecule has 1 aromatic rings. The van der Waals surface area contributed by atoms with E-state index in [9.17, 15) is 18.3 Å². The van der Waals surface area contributed by atoms with Crippen molar-refractivity contribution in [3.63, 3.8) is 0 Å². The molecule has 1 aliphatic carbocycles. The number of amides is 1. The maximum Gasteiger partial charge on any atom is 0.260 e. The fourth-order valence-corrected chi connectivity index (χ4v) is 3.91. The first-order chi connectivity index (χ1) is 12.4. The second kappa shape index (κ2) is 7.87. The first-order valence-corrected chi connectivity index (χ1v) is 10.1. The molecule has 0 bridgehead atoms. The van der Waals surface area contributed by atoms with E-state index in [0.29, 0.717) is 12.5 Å². The first kappa shape index (κ1) is 19.0. The molecule has 10 heteroatoms. The third kappa shape index (κ3) is 4.91. The van der Waals surface area contributed by atoms with Crippen molar-refractivity contribution >= 4 is 15.9 Å². The predicted molar refractivity (Wildman–Crippen MR) is 92.6 cm³/mol. The normalized spacial score (nSPS) is 26.0. The molecule has 3 N–H and O–H groups in total. The zero-order valence-corrected chi connectivity index (χ0v) is 15.4. The van der Waals surface area contributed by atoms with Gasteiger partial charge in [-0.2, -0.15) is 0 Å². The van der Waals surface area contributed by atoms with Crippen molar-refractivity contribution in [2.24, 2.45) is 13.0 Å². The van der Waals surface area contributed by atoms with E-state index in [-0.39, 0.29) is 24.0 Å². The largest absolute Gasteiger partial charge is 0.394 e. The molecule has 0 unspecified atom stereocenters. The van der Waals surface area contributed by atoms with Gasteiger partial charge in [-0.3, -0.25) is 4.79 Å². The molecular formula is C16H24N4O5S. The molecule has 26 heavy (non-hydrogen) atoms. The van der Waals surface area contributed by atoms with Crippen LogP contribution in [0.5, 0.6) is 0 Å². The number of aromatic nitrogens is 2. The van der Waals surface area contributed by atoms with Gasteiger partial charge in [0.1, 0.15) is 6.10 Å². The SMILES string of the molecule is Cn1cnc(S(=O)(=O)N[C@H]2C=C[C@@H](CC(=O)NCC3CC3)O[C@@H]2CO)c1. The van der Waals surface area contributed by atoms with Crippen LogP contribution in [0.15, 0.2) is 29.7 Å². The van der Waals surface area contributed by atoms with Crippen LogP contribution >= 0.6 is 0 Å². The lowest BCUT2D eigenvalue weighted by Gasteiger charge is -2.31. The standard InChI is InChI=1S/C16H24N4O5S/c1-20-8-16(18-10-20)26(23,24)19-13-5-4-12(25-14(13)9-21)6-15(22)17-7-11-2-3-11/h4-5,8,10-14,19,21H,2-3,6-7,9H2,1H3,(H,17,22)/t12-,13-,14+/m0/s1. The summed E-state index contributed by atoms with van der Waals surface area (Å²) in [5.41, 5.74) is 0. The second-order valence-corrected chi connectivity index (χ2v) is 8.42. The molecule has 3 atom stereocenters. The molecule has 0 radical (unpaired) electrons. The summed E-state index contributed by atoms with van der Waals surface area (Å²) in [6.07, 6.45) is 7.22. The number of aliphatic hydroxyl groups is 1. The Morgan fingerprint density at radius 1 is 1.42 bits per heavy atom. The number of rotatable bonds is 8. The Labute approximate surface area is 152 Å². The molecular weight excluding hydrogens is 360 g/mol. The number of sulfonamides is 1. The highest BCUT2D eigenvalue weighted by atomic mass is 32.2. The number of aryl methyl sites for hydroxylation is 1. The summed E-state index contributed by atoms with van der Waals surface area (Å²) in [7, 11) is -2.17. The number of carbonyl (C=O) groups is 1. The van der Waals surface area contributed by atoms with E-state index in [4.69, 9.17) is 4.74 Å². The van der Waals surface area contributed by atoms with E-state index < -0.39 is 28.3 Å². The quantitative estimate of drug-likeness (QED) is 0.510. The molecule has 0 saturated heterocycles. The fourth-order valence-electron chi connectivity index (χ4n) is 2.71. The van der Waals surface area contributed by atoms with Gasteiger partial charge in [-0.15, -0.1) is 0 Å². The lowest BCUT2D eigenvalue weighted by Crippen LogP contribution is -2.49. The van der Waals surface area contributed by atoms with Crippen LogP contribution in [0, 0.1) is 5.92 Å². The maximum absolute atomic E-state index is 12.4. The average Bonchev–Trinajstić information content (AvgIpc) is 3.32. The van der Waals surface area contributed by atoms with Crippen molar-refractivity contribution in [3.8, 4) is 0 Å². The summed E-state index contributed by atoms with van der Waals surface area (Å²) >= 11 is 0. The molecule has 3 rings (SSSR count). The van der Waals surface area contributed by atoms with E-state index in [1.807, 2.05) is 0 Å². The van der Waals surface area contributed by atoms with Crippen LogP contribution in [0.4, 0.5) is 0 Å². The lowest BCUT2D eigenvalue weighted by atomic mass is 10.1. The number of hydrogen-bond donors (Lipinski definition) is 3. The fraction of sp³-hybridized carbons (Fsp3) is 0.625. The van der Waals surface area contributed by atoms with Gasteiger partial charge in [0.25, 0.3) is 10.0 Å². The van der Waals surface area contributed by atoms with Crippen LogP contribution in [-0.4, -0.2) is 60.4 Å². The minimum Gasteiger partial charge on any atom is -0.394 e. The van der Waals surface area contributed by atoms with Gasteiger partial charge < -0.3 is 19.7 Å². The van der Waals surface area contributed by atoms with E-state index >= 15 is 0 Å². The molecule has 1 saturated carbocycles. The summed E-state index contributed by atoms with van der Waals surface area (Å²) in [5, 5.41) is 12.3. The van der Waals surface area contributed by atoms with Gasteiger partial charge in [0, 0.05) is 19.8 Å². The van der Waals surface area contributed by atoms with Crippen LogP contribution < -0.4 is 10.0 Å². The molecule has 0 aromatic carbocycles. The van der Waals surface area contributed by atoms with Crippen molar-refractivity contribution in [3.05, 3.63) is 24.7 Å². The van der Waals surface area contributed by atoms with Crippen molar-refractivity contribution in [2.45, 2.75) is 42.5 Å². The van der Waals surface area contributed by atoms with Gasteiger partial charge in [-0.25, -0.2) is 18.1 Å². The van der Waals surface area contributed by atoms with Crippen molar-refractivity contribution in [1.82, 2.24) is 19.6 Å². The highest BCUT2D eigenvalue weighted by Crippen LogP contribution is 2.27. The van der Waals surface area contributed by atoms with Crippen molar-refractivity contribution in [1.29, 1.82) is 0 Å². The van der Waals surface area contributed by atoms with Crippen LogP contribution in [0.2, 0.25) is 0 Å². The Hall–Kier alpha value is -1.75. The van der Waals surface area contributed by atoms with Crippen LogP contribution in [0.1, 0.15) is 19.3 Å². The number of hydrogen-bond acceptors (Lipinski definition) is 6. The van der Waals surface area contributed by atoms with E-state index in [2.05, 4.69) is 15.0 Å². The molecule has 0 spiro atoms. The van der Waals surface area contributed by atoms with Gasteiger partial charge in [0.2, 0.25) is 5.91 Å². The first-order valence-electron chi connectivity index (χ1n) is 8.59. The van der Waals surface area contributed by atoms with Gasteiger partial charge in [0.15, 0.2) is 5.03 Å². The molecule has 1 amide bonds. The minimum absolute atomic E-state index is 0.105. The smallest absolute Gasteiger partial charge is 0.260 e. The van der Waals surface area contributed by atoms with Crippen LogP contribution in [0.3, 0.4) is 0 Å². The average molecular weight is 384 g/mol. The Morgan fingerprint density at radius 2 is 2.19 bits per heavy atom. The number of nitrogens with zero attached hydrogens (tertiary/aromatic N) is 2. The van der Waals surface area contributed by atoms with Crippen molar-refractivity contribution < 1.29 is 23.1 Å². The third-order valence-electron chi connectivity index (χ3n) is 4.38. The number of imidazole rings is 1. The molecule has 2 heterocycles. The Bertz CT molecular complexity index is 771. The van der Waals surface area contributed by atoms with E-state index in [1.54, 1.807) is 19.2 Å². The number of ether oxygens (including phenoxy) is 1. The second-order valence-electron chi connectivity index (χ2n) is 6.76. The summed E-state index contributed by atoms with van der Waals surface area (Å²) in [4.78, 5) is 15.8. The maximum atomic E-state index is 12.4. The van der Waals surface area contributed by atoms with E-state index in [1.165, 1.54) is 17.1 Å². The molecule has 1 aromatic heterocycles. The minimum atomic E-state index is -3.84. The zero-order chi connectivity index (χ0) is 18.7.